The number of nitrogens with zero attached hydrogens (tertiary/aromatic N) is 1. The zero-order valence-electron chi connectivity index (χ0n) is 9.16. The zero-order chi connectivity index (χ0) is 11.3. The van der Waals surface area contributed by atoms with E-state index in [1.165, 1.54) is 6.20 Å². The number of Topliss-reactive ketones (excluding diaryl/α,β-unsaturated/α-hetero) is 1. The number of hydrogen-bond donors (Lipinski definition) is 2. The van der Waals surface area contributed by atoms with E-state index in [4.69, 9.17) is 5.73 Å². The Morgan fingerprint density at radius 1 is 1.67 bits per heavy atom. The molecule has 4 nitrogen and oxygen atoms in total. The minimum atomic E-state index is -0.0131. The Morgan fingerprint density at radius 2 is 2.40 bits per heavy atom. The second-order valence-electron chi connectivity index (χ2n) is 3.58. The molecule has 0 saturated heterocycles. The van der Waals surface area contributed by atoms with Crippen LogP contribution in [0.5, 0.6) is 0 Å². The topological polar surface area (TPSA) is 68.0 Å². The number of pyridine rings is 1. The largest absolute Gasteiger partial charge is 0.398 e. The quantitative estimate of drug-likeness (QED) is 0.713. The van der Waals surface area contributed by atoms with Crippen LogP contribution in [0.4, 0.5) is 5.69 Å². The Morgan fingerprint density at radius 3 is 3.00 bits per heavy atom. The number of carbonyl (C=O) groups excluding carboxylic acids is 1. The minimum Gasteiger partial charge on any atom is -0.398 e. The first-order valence-corrected chi connectivity index (χ1v) is 5.11. The maximum atomic E-state index is 11.7. The van der Waals surface area contributed by atoms with Crippen LogP contribution < -0.4 is 11.1 Å². The number of ketones is 1. The molecule has 1 heterocycles. The molecule has 3 N–H and O–H groups in total. The predicted molar refractivity (Wildman–Crippen MR) is 60.7 cm³/mol. The predicted octanol–water partition coefficient (Wildman–Crippen LogP) is 1.23. The van der Waals surface area contributed by atoms with Crippen molar-refractivity contribution in [3.63, 3.8) is 0 Å². The lowest BCUT2D eigenvalue weighted by atomic mass is 10.1. The van der Waals surface area contributed by atoms with Crippen LogP contribution in [0.25, 0.3) is 0 Å². The van der Waals surface area contributed by atoms with Crippen molar-refractivity contribution in [2.75, 3.05) is 12.3 Å². The lowest BCUT2D eigenvalue weighted by molar-refractivity contribution is 0.0988. The third-order valence-corrected chi connectivity index (χ3v) is 2.38. The molecular weight excluding hydrogens is 190 g/mol. The van der Waals surface area contributed by atoms with Gasteiger partial charge in [-0.15, -0.1) is 0 Å². The number of nitrogen functional groups attached to an aromatic ring is 1. The summed E-state index contributed by atoms with van der Waals surface area (Å²) in [4.78, 5) is 15.6. The molecule has 0 radical (unpaired) electrons. The van der Waals surface area contributed by atoms with Gasteiger partial charge in [-0.05, 0) is 19.4 Å². The molecule has 1 atom stereocenters. The highest BCUT2D eigenvalue weighted by Gasteiger charge is 2.10. The monoisotopic (exact) mass is 207 g/mol. The van der Waals surface area contributed by atoms with E-state index in [2.05, 4.69) is 17.2 Å². The summed E-state index contributed by atoms with van der Waals surface area (Å²) in [7, 11) is 0. The number of carbonyl (C=O) groups is 1. The Hall–Kier alpha value is -1.42. The van der Waals surface area contributed by atoms with Crippen molar-refractivity contribution >= 4 is 11.5 Å². The molecule has 0 fully saturated rings. The fraction of sp³-hybridized carbons (Fsp3) is 0.455. The fourth-order valence-corrected chi connectivity index (χ4v) is 1.14. The third kappa shape index (κ3) is 3.32. The number of aromatic nitrogens is 1. The van der Waals surface area contributed by atoms with Gasteiger partial charge in [-0.3, -0.25) is 9.78 Å². The highest BCUT2D eigenvalue weighted by molar-refractivity contribution is 6.01. The van der Waals surface area contributed by atoms with Gasteiger partial charge < -0.3 is 11.1 Å². The van der Waals surface area contributed by atoms with E-state index in [0.29, 0.717) is 23.8 Å². The van der Waals surface area contributed by atoms with Crippen LogP contribution >= 0.6 is 0 Å². The average molecular weight is 207 g/mol. The summed E-state index contributed by atoms with van der Waals surface area (Å²) in [5.74, 6) is -0.0131. The molecule has 0 aromatic carbocycles. The van der Waals surface area contributed by atoms with Gasteiger partial charge in [-0.2, -0.15) is 0 Å². The standard InChI is InChI=1S/C11H17N3O/c1-3-8(2)14-7-11(15)9-6-13-5-4-10(9)12/h4-6,8,14H,3,7H2,1-2H3,(H2,12,13). The molecule has 0 bridgehead atoms. The Labute approximate surface area is 89.9 Å². The molecule has 0 spiro atoms. The lowest BCUT2D eigenvalue weighted by Crippen LogP contribution is -2.31. The van der Waals surface area contributed by atoms with Gasteiger partial charge in [0.05, 0.1) is 12.1 Å². The zero-order valence-corrected chi connectivity index (χ0v) is 9.16. The van der Waals surface area contributed by atoms with E-state index in [1.807, 2.05) is 6.92 Å². The van der Waals surface area contributed by atoms with E-state index in [9.17, 15) is 4.79 Å². The van der Waals surface area contributed by atoms with Gasteiger partial charge in [0.2, 0.25) is 0 Å². The van der Waals surface area contributed by atoms with Crippen molar-refractivity contribution in [3.05, 3.63) is 24.0 Å². The number of rotatable bonds is 5. The highest BCUT2D eigenvalue weighted by Crippen LogP contribution is 2.08. The SMILES string of the molecule is CCC(C)NCC(=O)c1cnccc1N. The molecule has 1 rings (SSSR count). The lowest BCUT2D eigenvalue weighted by Gasteiger charge is -2.10. The average Bonchev–Trinajstić information content (AvgIpc) is 2.26. The minimum absolute atomic E-state index is 0.0131. The molecule has 0 amide bonds. The molecule has 0 aliphatic carbocycles. The summed E-state index contributed by atoms with van der Waals surface area (Å²) in [6.45, 7) is 4.42. The van der Waals surface area contributed by atoms with Crippen LogP contribution in [0.3, 0.4) is 0 Å². The van der Waals surface area contributed by atoms with Crippen LogP contribution in [0.15, 0.2) is 18.5 Å². The maximum absolute atomic E-state index is 11.7. The first-order chi connectivity index (χ1) is 7.15. The van der Waals surface area contributed by atoms with Crippen molar-refractivity contribution in [1.82, 2.24) is 10.3 Å². The number of anilines is 1. The molecule has 0 saturated carbocycles. The van der Waals surface area contributed by atoms with Crippen LogP contribution in [0, 0.1) is 0 Å². The van der Waals surface area contributed by atoms with Gasteiger partial charge in [-0.1, -0.05) is 6.92 Å². The number of hydrogen-bond acceptors (Lipinski definition) is 4. The fourth-order valence-electron chi connectivity index (χ4n) is 1.14. The summed E-state index contributed by atoms with van der Waals surface area (Å²) in [5.41, 5.74) is 6.65. The van der Waals surface area contributed by atoms with Crippen molar-refractivity contribution in [2.24, 2.45) is 0 Å². The van der Waals surface area contributed by atoms with Gasteiger partial charge in [0.1, 0.15) is 0 Å². The van der Waals surface area contributed by atoms with E-state index < -0.39 is 0 Å². The molecule has 1 aromatic rings. The number of nitrogens with two attached hydrogens (primary N) is 1. The van der Waals surface area contributed by atoms with Gasteiger partial charge in [-0.25, -0.2) is 0 Å². The Balaban J connectivity index is 2.58. The van der Waals surface area contributed by atoms with Crippen molar-refractivity contribution < 1.29 is 4.79 Å². The summed E-state index contributed by atoms with van der Waals surface area (Å²) in [5, 5.41) is 3.12. The third-order valence-electron chi connectivity index (χ3n) is 2.38. The second-order valence-corrected chi connectivity index (χ2v) is 3.58. The molecule has 0 aliphatic heterocycles. The van der Waals surface area contributed by atoms with Gasteiger partial charge in [0.15, 0.2) is 5.78 Å². The highest BCUT2D eigenvalue weighted by atomic mass is 16.1. The molecule has 0 aliphatic rings. The molecule has 15 heavy (non-hydrogen) atoms. The van der Waals surface area contributed by atoms with Crippen molar-refractivity contribution in [1.29, 1.82) is 0 Å². The summed E-state index contributed by atoms with van der Waals surface area (Å²) < 4.78 is 0. The molecule has 1 unspecified atom stereocenters. The molecule has 1 aromatic heterocycles. The molecule has 82 valence electrons. The van der Waals surface area contributed by atoms with Crippen LogP contribution in [0.1, 0.15) is 30.6 Å². The molecule has 4 heteroatoms. The number of nitrogens with one attached hydrogen (secondary N) is 1. The maximum Gasteiger partial charge on any atom is 0.180 e. The smallest absolute Gasteiger partial charge is 0.180 e. The summed E-state index contributed by atoms with van der Waals surface area (Å²) in [6, 6.07) is 1.98. The van der Waals surface area contributed by atoms with Crippen molar-refractivity contribution in [3.8, 4) is 0 Å². The van der Waals surface area contributed by atoms with Gasteiger partial charge in [0.25, 0.3) is 0 Å². The van der Waals surface area contributed by atoms with Gasteiger partial charge in [0, 0.05) is 24.1 Å². The Bertz CT molecular complexity index is 338. The summed E-state index contributed by atoms with van der Waals surface area (Å²) in [6.07, 6.45) is 4.08. The van der Waals surface area contributed by atoms with Crippen LogP contribution in [-0.4, -0.2) is 23.4 Å². The summed E-state index contributed by atoms with van der Waals surface area (Å²) >= 11 is 0. The van der Waals surface area contributed by atoms with E-state index in [0.717, 1.165) is 6.42 Å². The first-order valence-electron chi connectivity index (χ1n) is 5.11. The second kappa shape index (κ2) is 5.46. The van der Waals surface area contributed by atoms with Gasteiger partial charge >= 0.3 is 0 Å². The van der Waals surface area contributed by atoms with E-state index in [1.54, 1.807) is 12.3 Å². The van der Waals surface area contributed by atoms with E-state index in [-0.39, 0.29) is 5.78 Å². The van der Waals surface area contributed by atoms with Crippen LogP contribution in [0.2, 0.25) is 0 Å². The van der Waals surface area contributed by atoms with E-state index >= 15 is 0 Å². The molecular formula is C11H17N3O. The Kier molecular flexibility index (Phi) is 4.24. The van der Waals surface area contributed by atoms with Crippen LogP contribution in [-0.2, 0) is 0 Å². The normalized spacial score (nSPS) is 12.4. The van der Waals surface area contributed by atoms with Crippen molar-refractivity contribution in [2.45, 2.75) is 26.3 Å². The first kappa shape index (κ1) is 11.7.